The molecule has 0 radical (unpaired) electrons. The molecule has 0 atom stereocenters. The van der Waals surface area contributed by atoms with Gasteiger partial charge in [0.15, 0.2) is 5.82 Å². The van der Waals surface area contributed by atoms with Crippen LogP contribution in [-0.4, -0.2) is 14.7 Å². The third-order valence-corrected chi connectivity index (χ3v) is 5.01. The fourth-order valence-corrected chi connectivity index (χ4v) is 3.60. The molecule has 0 heterocycles. The first kappa shape index (κ1) is 15.9. The lowest BCUT2D eigenvalue weighted by atomic mass is 10.3. The topological polar surface area (TPSA) is 72.2 Å². The van der Waals surface area contributed by atoms with Crippen molar-refractivity contribution >= 4 is 44.8 Å². The van der Waals surface area contributed by atoms with Gasteiger partial charge in [0, 0.05) is 16.3 Å². The van der Waals surface area contributed by atoms with E-state index in [1.54, 1.807) is 18.2 Å². The second-order valence-corrected chi connectivity index (χ2v) is 7.09. The summed E-state index contributed by atoms with van der Waals surface area (Å²) < 4.78 is 40.7. The van der Waals surface area contributed by atoms with Crippen LogP contribution in [0.2, 0.25) is 5.02 Å². The van der Waals surface area contributed by atoms with E-state index in [4.69, 9.17) is 17.3 Å². The molecule has 0 unspecified atom stereocenters. The highest BCUT2D eigenvalue weighted by molar-refractivity contribution is 7.98. The maximum absolute atomic E-state index is 13.9. The van der Waals surface area contributed by atoms with Crippen LogP contribution in [0.1, 0.15) is 0 Å². The Balaban J connectivity index is 2.43. The molecule has 0 spiro atoms. The molecule has 0 amide bonds. The Bertz CT molecular complexity index is 782. The zero-order chi connectivity index (χ0) is 15.6. The largest absolute Gasteiger partial charge is 0.399 e. The predicted octanol–water partition coefficient (Wildman–Crippen LogP) is 3.58. The van der Waals surface area contributed by atoms with Crippen molar-refractivity contribution in [3.05, 3.63) is 47.2 Å². The average molecular weight is 347 g/mol. The zero-order valence-corrected chi connectivity index (χ0v) is 13.3. The molecule has 0 bridgehead atoms. The molecule has 2 rings (SSSR count). The Kier molecular flexibility index (Phi) is 4.65. The van der Waals surface area contributed by atoms with E-state index in [2.05, 4.69) is 4.72 Å². The van der Waals surface area contributed by atoms with Gasteiger partial charge in [-0.15, -0.1) is 11.8 Å². The minimum atomic E-state index is -4.11. The third kappa shape index (κ3) is 3.61. The van der Waals surface area contributed by atoms with E-state index in [0.29, 0.717) is 5.69 Å². The standard InChI is InChI=1S/C13H12ClFN2O2S2/c1-20-10-4-2-3-9(7-10)17-21(18,19)12-6-8(16)5-11(14)13(12)15/h2-7,17H,16H2,1H3. The first-order valence-corrected chi connectivity index (χ1v) is 8.83. The van der Waals surface area contributed by atoms with Crippen molar-refractivity contribution in [3.8, 4) is 0 Å². The number of halogens is 2. The second-order valence-electron chi connectivity index (χ2n) is 4.15. The molecule has 2 aromatic carbocycles. The number of hydrogen-bond acceptors (Lipinski definition) is 4. The van der Waals surface area contributed by atoms with Crippen LogP contribution in [0.3, 0.4) is 0 Å². The third-order valence-electron chi connectivity index (χ3n) is 2.63. The van der Waals surface area contributed by atoms with Crippen molar-refractivity contribution in [1.29, 1.82) is 0 Å². The summed E-state index contributed by atoms with van der Waals surface area (Å²) in [5, 5.41) is -0.340. The Morgan fingerprint density at radius 1 is 1.29 bits per heavy atom. The number of hydrogen-bond donors (Lipinski definition) is 2. The molecule has 112 valence electrons. The summed E-state index contributed by atoms with van der Waals surface area (Å²) in [5.41, 5.74) is 5.92. The fourth-order valence-electron chi connectivity index (χ4n) is 1.68. The van der Waals surface area contributed by atoms with Crippen LogP contribution in [0, 0.1) is 5.82 Å². The lowest BCUT2D eigenvalue weighted by molar-refractivity contribution is 0.571. The Morgan fingerprint density at radius 2 is 2.00 bits per heavy atom. The normalized spacial score (nSPS) is 11.4. The van der Waals surface area contributed by atoms with Crippen LogP contribution < -0.4 is 10.5 Å². The monoisotopic (exact) mass is 346 g/mol. The summed E-state index contributed by atoms with van der Waals surface area (Å²) in [6.07, 6.45) is 1.87. The molecule has 0 aliphatic heterocycles. The van der Waals surface area contributed by atoms with Crippen LogP contribution in [0.15, 0.2) is 46.2 Å². The molecule has 21 heavy (non-hydrogen) atoms. The molecule has 0 saturated heterocycles. The second kappa shape index (κ2) is 6.13. The summed E-state index contributed by atoms with van der Waals surface area (Å²) in [5.74, 6) is -1.03. The molecular weight excluding hydrogens is 335 g/mol. The predicted molar refractivity (Wildman–Crippen MR) is 84.9 cm³/mol. The Hall–Kier alpha value is -1.44. The Labute approximate surface area is 131 Å². The number of rotatable bonds is 4. The van der Waals surface area contributed by atoms with Gasteiger partial charge >= 0.3 is 0 Å². The zero-order valence-electron chi connectivity index (χ0n) is 10.9. The van der Waals surface area contributed by atoms with Gasteiger partial charge in [-0.2, -0.15) is 0 Å². The molecule has 0 fully saturated rings. The van der Waals surface area contributed by atoms with Gasteiger partial charge in [-0.1, -0.05) is 17.7 Å². The van der Waals surface area contributed by atoms with Gasteiger partial charge in [0.25, 0.3) is 10.0 Å². The molecular formula is C13H12ClFN2O2S2. The maximum atomic E-state index is 13.9. The lowest BCUT2D eigenvalue weighted by Crippen LogP contribution is -2.15. The molecule has 4 nitrogen and oxygen atoms in total. The number of benzene rings is 2. The van der Waals surface area contributed by atoms with Gasteiger partial charge in [0.05, 0.1) is 5.02 Å². The fraction of sp³-hybridized carbons (Fsp3) is 0.0769. The molecule has 0 aliphatic rings. The summed E-state index contributed by atoms with van der Waals surface area (Å²) in [4.78, 5) is 0.295. The minimum absolute atomic E-state index is 0.0691. The smallest absolute Gasteiger partial charge is 0.264 e. The van der Waals surface area contributed by atoms with Gasteiger partial charge < -0.3 is 5.73 Å². The van der Waals surface area contributed by atoms with Gasteiger partial charge in [-0.05, 0) is 36.6 Å². The Morgan fingerprint density at radius 3 is 2.67 bits per heavy atom. The summed E-state index contributed by atoms with van der Waals surface area (Å²) in [6.45, 7) is 0. The van der Waals surface area contributed by atoms with E-state index in [0.717, 1.165) is 17.0 Å². The van der Waals surface area contributed by atoms with Crippen LogP contribution in [-0.2, 0) is 10.0 Å². The highest BCUT2D eigenvalue weighted by atomic mass is 35.5. The first-order chi connectivity index (χ1) is 9.83. The van der Waals surface area contributed by atoms with E-state index >= 15 is 0 Å². The van der Waals surface area contributed by atoms with Crippen LogP contribution >= 0.6 is 23.4 Å². The highest BCUT2D eigenvalue weighted by Gasteiger charge is 2.22. The van der Waals surface area contributed by atoms with Gasteiger partial charge in [0.1, 0.15) is 4.90 Å². The number of nitrogens with one attached hydrogen (secondary N) is 1. The maximum Gasteiger partial charge on any atom is 0.264 e. The van der Waals surface area contributed by atoms with E-state index in [1.807, 2.05) is 12.3 Å². The number of sulfonamides is 1. The summed E-state index contributed by atoms with van der Waals surface area (Å²) in [6, 6.07) is 8.94. The molecule has 0 aliphatic carbocycles. The van der Waals surface area contributed by atoms with Gasteiger partial charge in [0.2, 0.25) is 0 Å². The van der Waals surface area contributed by atoms with Crippen molar-refractivity contribution in [3.63, 3.8) is 0 Å². The van der Waals surface area contributed by atoms with Crippen molar-refractivity contribution < 1.29 is 12.8 Å². The number of nitrogens with two attached hydrogens (primary N) is 1. The molecule has 8 heteroatoms. The van der Waals surface area contributed by atoms with Crippen LogP contribution in [0.5, 0.6) is 0 Å². The van der Waals surface area contributed by atoms with Crippen molar-refractivity contribution in [2.75, 3.05) is 16.7 Å². The van der Waals surface area contributed by atoms with Crippen molar-refractivity contribution in [1.82, 2.24) is 0 Å². The van der Waals surface area contributed by atoms with Crippen LogP contribution in [0.4, 0.5) is 15.8 Å². The quantitative estimate of drug-likeness (QED) is 0.655. The highest BCUT2D eigenvalue weighted by Crippen LogP contribution is 2.28. The van der Waals surface area contributed by atoms with Crippen LogP contribution in [0.25, 0.3) is 0 Å². The lowest BCUT2D eigenvalue weighted by Gasteiger charge is -2.11. The van der Waals surface area contributed by atoms with Crippen molar-refractivity contribution in [2.45, 2.75) is 9.79 Å². The van der Waals surface area contributed by atoms with Crippen molar-refractivity contribution in [2.24, 2.45) is 0 Å². The summed E-state index contributed by atoms with van der Waals surface area (Å²) in [7, 11) is -4.11. The number of nitrogen functional groups attached to an aromatic ring is 1. The minimum Gasteiger partial charge on any atom is -0.399 e. The van der Waals surface area contributed by atoms with E-state index in [-0.39, 0.29) is 10.7 Å². The summed E-state index contributed by atoms with van der Waals surface area (Å²) >= 11 is 7.09. The molecule has 0 saturated carbocycles. The van der Waals surface area contributed by atoms with E-state index < -0.39 is 20.7 Å². The molecule has 3 N–H and O–H groups in total. The molecule has 2 aromatic rings. The van der Waals surface area contributed by atoms with E-state index in [1.165, 1.54) is 11.8 Å². The molecule has 0 aromatic heterocycles. The van der Waals surface area contributed by atoms with E-state index in [9.17, 15) is 12.8 Å². The average Bonchev–Trinajstić information content (AvgIpc) is 2.42. The number of thioether (sulfide) groups is 1. The van der Waals surface area contributed by atoms with Gasteiger partial charge in [-0.25, -0.2) is 12.8 Å². The number of anilines is 2. The SMILES string of the molecule is CSc1cccc(NS(=O)(=O)c2cc(N)cc(Cl)c2F)c1. The van der Waals surface area contributed by atoms with Gasteiger partial charge in [-0.3, -0.25) is 4.72 Å². The first-order valence-electron chi connectivity index (χ1n) is 5.75.